The summed E-state index contributed by atoms with van der Waals surface area (Å²) in [4.78, 5) is 16.2. The molecule has 2 aromatic carbocycles. The number of hydrogen-bond acceptors (Lipinski definition) is 4. The maximum atomic E-state index is 13.9. The Hall–Kier alpha value is -2.86. The van der Waals surface area contributed by atoms with E-state index in [1.54, 1.807) is 35.9 Å². The molecule has 0 aliphatic rings. The zero-order chi connectivity index (χ0) is 19.6. The second kappa shape index (κ2) is 7.80. The molecule has 3 rings (SSSR count). The molecule has 0 spiro atoms. The van der Waals surface area contributed by atoms with Gasteiger partial charge in [0.2, 0.25) is 11.7 Å². The van der Waals surface area contributed by atoms with Gasteiger partial charge in [-0.2, -0.15) is 4.98 Å². The monoisotopic (exact) mass is 387 g/mol. The molecule has 7 heteroatoms. The van der Waals surface area contributed by atoms with Gasteiger partial charge in [-0.25, -0.2) is 4.39 Å². The Balaban J connectivity index is 2.04. The number of halogens is 2. The number of methoxy groups -OCH3 is 1. The van der Waals surface area contributed by atoms with Crippen LogP contribution in [0.15, 0.2) is 47.4 Å². The third-order valence-corrected chi connectivity index (χ3v) is 4.70. The Kier molecular flexibility index (Phi) is 5.46. The third kappa shape index (κ3) is 4.11. The number of ether oxygens (including phenoxy) is 1. The van der Waals surface area contributed by atoms with E-state index in [0.29, 0.717) is 23.1 Å². The molecular weight excluding hydrogens is 369 g/mol. The summed E-state index contributed by atoms with van der Waals surface area (Å²) in [6.07, 6.45) is 1.55. The average molecular weight is 388 g/mol. The van der Waals surface area contributed by atoms with Crippen LogP contribution in [0, 0.1) is 19.7 Å². The van der Waals surface area contributed by atoms with Crippen molar-refractivity contribution in [1.29, 1.82) is 0 Å². The van der Waals surface area contributed by atoms with Crippen LogP contribution in [0.25, 0.3) is 0 Å². The molecule has 1 N–H and O–H groups in total. The number of benzene rings is 2. The van der Waals surface area contributed by atoms with Crippen LogP contribution in [0.4, 0.5) is 16.0 Å². The van der Waals surface area contributed by atoms with E-state index in [0.717, 1.165) is 16.8 Å². The number of hydrogen-bond donors (Lipinski definition) is 1. The van der Waals surface area contributed by atoms with Gasteiger partial charge in [0.1, 0.15) is 5.82 Å². The summed E-state index contributed by atoms with van der Waals surface area (Å²) in [5, 5.41) is 3.74. The van der Waals surface area contributed by atoms with Gasteiger partial charge < -0.3 is 14.6 Å². The zero-order valence-corrected chi connectivity index (χ0v) is 16.0. The van der Waals surface area contributed by atoms with Crippen molar-refractivity contribution in [2.75, 3.05) is 12.4 Å². The van der Waals surface area contributed by atoms with E-state index in [9.17, 15) is 9.18 Å². The molecule has 27 heavy (non-hydrogen) atoms. The molecule has 0 aliphatic carbocycles. The van der Waals surface area contributed by atoms with Crippen LogP contribution in [-0.2, 0) is 6.54 Å². The van der Waals surface area contributed by atoms with Gasteiger partial charge in [-0.05, 0) is 48.7 Å². The largest absolute Gasteiger partial charge is 0.490 e. The fourth-order valence-electron chi connectivity index (χ4n) is 2.63. The average Bonchev–Trinajstić information content (AvgIpc) is 2.64. The highest BCUT2D eigenvalue weighted by molar-refractivity contribution is 6.31. The molecule has 0 saturated heterocycles. The summed E-state index contributed by atoms with van der Waals surface area (Å²) < 4.78 is 20.7. The SMILES string of the molecule is COc1cn(Cc2ccc(C)c(F)c2)c(Nc2cccc(Cl)c2C)nc1=O. The van der Waals surface area contributed by atoms with Gasteiger partial charge in [-0.15, -0.1) is 0 Å². The Bertz CT molecular complexity index is 1050. The molecule has 1 heterocycles. The summed E-state index contributed by atoms with van der Waals surface area (Å²) >= 11 is 6.17. The highest BCUT2D eigenvalue weighted by atomic mass is 35.5. The molecule has 0 bridgehead atoms. The lowest BCUT2D eigenvalue weighted by atomic mass is 10.1. The van der Waals surface area contributed by atoms with Gasteiger partial charge >= 0.3 is 5.56 Å². The van der Waals surface area contributed by atoms with Crippen LogP contribution >= 0.6 is 11.6 Å². The first-order valence-electron chi connectivity index (χ1n) is 8.31. The second-order valence-corrected chi connectivity index (χ2v) is 6.59. The fourth-order valence-corrected chi connectivity index (χ4v) is 2.80. The molecule has 0 atom stereocenters. The van der Waals surface area contributed by atoms with E-state index in [4.69, 9.17) is 16.3 Å². The van der Waals surface area contributed by atoms with E-state index in [-0.39, 0.29) is 11.6 Å². The van der Waals surface area contributed by atoms with E-state index in [1.165, 1.54) is 13.2 Å². The van der Waals surface area contributed by atoms with Crippen LogP contribution in [0.5, 0.6) is 5.75 Å². The molecule has 140 valence electrons. The molecular formula is C20H19ClFN3O2. The number of aromatic nitrogens is 2. The van der Waals surface area contributed by atoms with E-state index in [1.807, 2.05) is 19.1 Å². The lowest BCUT2D eigenvalue weighted by Crippen LogP contribution is -2.19. The maximum absolute atomic E-state index is 13.9. The normalized spacial score (nSPS) is 10.7. The van der Waals surface area contributed by atoms with E-state index in [2.05, 4.69) is 10.3 Å². The maximum Gasteiger partial charge on any atom is 0.316 e. The lowest BCUT2D eigenvalue weighted by Gasteiger charge is -2.17. The molecule has 0 fully saturated rings. The minimum atomic E-state index is -0.494. The number of nitrogens with one attached hydrogen (secondary N) is 1. The minimum Gasteiger partial charge on any atom is -0.490 e. The Morgan fingerprint density at radius 2 is 2.04 bits per heavy atom. The van der Waals surface area contributed by atoms with Crippen molar-refractivity contribution < 1.29 is 9.13 Å². The van der Waals surface area contributed by atoms with Crippen molar-refractivity contribution >= 4 is 23.2 Å². The van der Waals surface area contributed by atoms with Crippen molar-refractivity contribution in [3.05, 3.63) is 80.5 Å². The Labute approximate surface area is 161 Å². The molecule has 0 amide bonds. The van der Waals surface area contributed by atoms with Gasteiger partial charge in [-0.3, -0.25) is 4.79 Å². The summed E-state index contributed by atoms with van der Waals surface area (Å²) in [5.74, 6) is 0.136. The third-order valence-electron chi connectivity index (χ3n) is 4.29. The van der Waals surface area contributed by atoms with Gasteiger partial charge in [0.15, 0.2) is 0 Å². The highest BCUT2D eigenvalue weighted by Gasteiger charge is 2.12. The predicted octanol–water partition coefficient (Wildman–Crippen LogP) is 4.45. The molecule has 5 nitrogen and oxygen atoms in total. The van der Waals surface area contributed by atoms with E-state index >= 15 is 0 Å². The van der Waals surface area contributed by atoms with Crippen LogP contribution in [0.3, 0.4) is 0 Å². The summed E-state index contributed by atoms with van der Waals surface area (Å²) in [7, 11) is 1.41. The topological polar surface area (TPSA) is 56.1 Å². The molecule has 1 aromatic heterocycles. The number of anilines is 2. The lowest BCUT2D eigenvalue weighted by molar-refractivity contribution is 0.402. The predicted molar refractivity (Wildman–Crippen MR) is 105 cm³/mol. The second-order valence-electron chi connectivity index (χ2n) is 6.19. The quantitative estimate of drug-likeness (QED) is 0.702. The molecule has 0 unspecified atom stereocenters. The first-order valence-corrected chi connectivity index (χ1v) is 8.69. The van der Waals surface area contributed by atoms with Gasteiger partial charge in [0, 0.05) is 10.7 Å². The minimum absolute atomic E-state index is 0.107. The van der Waals surface area contributed by atoms with Crippen molar-refractivity contribution in [3.8, 4) is 5.75 Å². The Morgan fingerprint density at radius 1 is 1.26 bits per heavy atom. The van der Waals surface area contributed by atoms with Crippen molar-refractivity contribution in [2.24, 2.45) is 0 Å². The van der Waals surface area contributed by atoms with Crippen molar-refractivity contribution in [2.45, 2.75) is 20.4 Å². The summed E-state index contributed by atoms with van der Waals surface area (Å²) in [5.41, 5.74) is 2.37. The van der Waals surface area contributed by atoms with Crippen LogP contribution in [-0.4, -0.2) is 16.7 Å². The molecule has 0 aliphatic heterocycles. The number of nitrogens with zero attached hydrogens (tertiary/aromatic N) is 2. The summed E-state index contributed by atoms with van der Waals surface area (Å²) in [6.45, 7) is 3.88. The first-order chi connectivity index (χ1) is 12.9. The van der Waals surface area contributed by atoms with Gasteiger partial charge in [0.05, 0.1) is 19.9 Å². The van der Waals surface area contributed by atoms with Crippen molar-refractivity contribution in [1.82, 2.24) is 9.55 Å². The van der Waals surface area contributed by atoms with E-state index < -0.39 is 5.56 Å². The van der Waals surface area contributed by atoms with Crippen LogP contribution in [0.1, 0.15) is 16.7 Å². The van der Waals surface area contributed by atoms with Crippen LogP contribution in [0.2, 0.25) is 5.02 Å². The smallest absolute Gasteiger partial charge is 0.316 e. The van der Waals surface area contributed by atoms with Crippen molar-refractivity contribution in [3.63, 3.8) is 0 Å². The first kappa shape index (κ1) is 18.9. The fraction of sp³-hybridized carbons (Fsp3) is 0.200. The van der Waals surface area contributed by atoms with Crippen LogP contribution < -0.4 is 15.6 Å². The molecule has 0 saturated carbocycles. The Morgan fingerprint density at radius 3 is 2.74 bits per heavy atom. The molecule has 0 radical (unpaired) electrons. The summed E-state index contributed by atoms with van der Waals surface area (Å²) in [6, 6.07) is 10.4. The van der Waals surface area contributed by atoms with Gasteiger partial charge in [-0.1, -0.05) is 29.8 Å². The number of aryl methyl sites for hydroxylation is 1. The number of rotatable bonds is 5. The standard InChI is InChI=1S/C20H19ClFN3O2/c1-12-7-8-14(9-16(12)22)10-25-11-18(27-3)19(26)24-20(25)23-17-6-4-5-15(21)13(17)2/h4-9,11H,10H2,1-3H3,(H,23,24,26). The molecule has 3 aromatic rings. The van der Waals surface area contributed by atoms with Gasteiger partial charge in [0.25, 0.3) is 0 Å². The zero-order valence-electron chi connectivity index (χ0n) is 15.2. The highest BCUT2D eigenvalue weighted by Crippen LogP contribution is 2.26.